The fraction of sp³-hybridized carbons (Fsp3) is 0.273. The minimum Gasteiger partial charge on any atom is -0.282 e. The number of hydrogen-bond acceptors (Lipinski definition) is 2. The number of allylic oxidation sites excluding steroid dienone is 2. The molecule has 80 valence electrons. The van der Waals surface area contributed by atoms with Crippen molar-refractivity contribution >= 4 is 15.7 Å². The molecule has 0 amide bonds. The third-order valence-corrected chi connectivity index (χ3v) is 3.62. The predicted molar refractivity (Wildman–Crippen MR) is 58.2 cm³/mol. The van der Waals surface area contributed by atoms with Crippen LogP contribution in [0.3, 0.4) is 0 Å². The SMILES string of the molecule is CC1=CCCc2c1cccc2S(=O)(=O)O. The average Bonchev–Trinajstić information content (AvgIpc) is 2.16. The zero-order valence-electron chi connectivity index (χ0n) is 8.40. The number of hydrogen-bond donors (Lipinski definition) is 1. The summed E-state index contributed by atoms with van der Waals surface area (Å²) in [5.41, 5.74) is 2.73. The van der Waals surface area contributed by atoms with Crippen LogP contribution in [0.25, 0.3) is 5.57 Å². The van der Waals surface area contributed by atoms with Crippen molar-refractivity contribution in [2.24, 2.45) is 0 Å². The Hall–Kier alpha value is -1.13. The van der Waals surface area contributed by atoms with Gasteiger partial charge in [0.05, 0.1) is 4.90 Å². The van der Waals surface area contributed by atoms with E-state index in [1.54, 1.807) is 6.07 Å². The van der Waals surface area contributed by atoms with Crippen molar-refractivity contribution in [2.45, 2.75) is 24.7 Å². The van der Waals surface area contributed by atoms with Crippen LogP contribution in [0, 0.1) is 0 Å². The molecule has 1 aliphatic rings. The highest BCUT2D eigenvalue weighted by Crippen LogP contribution is 2.30. The molecule has 0 saturated heterocycles. The second-order valence-corrected chi connectivity index (χ2v) is 5.07. The minimum absolute atomic E-state index is 0.0486. The second kappa shape index (κ2) is 3.47. The van der Waals surface area contributed by atoms with Gasteiger partial charge in [-0.1, -0.05) is 18.2 Å². The first kappa shape index (κ1) is 10.4. The van der Waals surface area contributed by atoms with Gasteiger partial charge in [0.2, 0.25) is 0 Å². The molecule has 3 nitrogen and oxygen atoms in total. The van der Waals surface area contributed by atoms with Crippen LogP contribution in [0.15, 0.2) is 29.2 Å². The summed E-state index contributed by atoms with van der Waals surface area (Å²) in [6, 6.07) is 4.99. The van der Waals surface area contributed by atoms with Gasteiger partial charge in [-0.25, -0.2) is 0 Å². The minimum atomic E-state index is -4.09. The summed E-state index contributed by atoms with van der Waals surface area (Å²) in [4.78, 5) is 0.0486. The zero-order valence-corrected chi connectivity index (χ0v) is 9.21. The lowest BCUT2D eigenvalue weighted by Crippen LogP contribution is -2.07. The van der Waals surface area contributed by atoms with E-state index >= 15 is 0 Å². The third-order valence-electron chi connectivity index (χ3n) is 2.68. The molecule has 0 aliphatic heterocycles. The highest BCUT2D eigenvalue weighted by atomic mass is 32.2. The summed E-state index contributed by atoms with van der Waals surface area (Å²) in [5.74, 6) is 0. The van der Waals surface area contributed by atoms with Gasteiger partial charge in [0.25, 0.3) is 10.1 Å². The summed E-state index contributed by atoms with van der Waals surface area (Å²) in [6.07, 6.45) is 3.57. The van der Waals surface area contributed by atoms with Gasteiger partial charge in [-0.2, -0.15) is 8.42 Å². The number of rotatable bonds is 1. The van der Waals surface area contributed by atoms with Crippen LogP contribution in [-0.2, 0) is 16.5 Å². The second-order valence-electron chi connectivity index (χ2n) is 3.68. The monoisotopic (exact) mass is 224 g/mol. The fourth-order valence-electron chi connectivity index (χ4n) is 1.98. The van der Waals surface area contributed by atoms with Crippen molar-refractivity contribution in [3.8, 4) is 0 Å². The van der Waals surface area contributed by atoms with Crippen molar-refractivity contribution in [3.63, 3.8) is 0 Å². The van der Waals surface area contributed by atoms with Crippen molar-refractivity contribution in [3.05, 3.63) is 35.4 Å². The molecule has 1 aliphatic carbocycles. The van der Waals surface area contributed by atoms with Gasteiger partial charge in [-0.15, -0.1) is 0 Å². The van der Waals surface area contributed by atoms with E-state index in [0.29, 0.717) is 6.42 Å². The van der Waals surface area contributed by atoms with Gasteiger partial charge in [0.1, 0.15) is 0 Å². The molecule has 0 aromatic heterocycles. The van der Waals surface area contributed by atoms with E-state index in [9.17, 15) is 8.42 Å². The fourth-order valence-corrected chi connectivity index (χ4v) is 2.75. The molecule has 0 heterocycles. The quantitative estimate of drug-likeness (QED) is 0.744. The Morgan fingerprint density at radius 1 is 1.33 bits per heavy atom. The zero-order chi connectivity index (χ0) is 11.1. The first-order valence-corrected chi connectivity index (χ1v) is 6.20. The maximum Gasteiger partial charge on any atom is 0.294 e. The Balaban J connectivity index is 2.72. The van der Waals surface area contributed by atoms with E-state index in [1.165, 1.54) is 6.07 Å². The third kappa shape index (κ3) is 1.82. The van der Waals surface area contributed by atoms with Crippen LogP contribution in [0.5, 0.6) is 0 Å². The standard InChI is InChI=1S/C11H12O3S/c1-8-4-2-6-10-9(8)5-3-7-11(10)15(12,13)14/h3-5,7H,2,6H2,1H3,(H,12,13,14). The van der Waals surface area contributed by atoms with Crippen molar-refractivity contribution < 1.29 is 13.0 Å². The predicted octanol–water partition coefficient (Wildman–Crippen LogP) is 2.28. The van der Waals surface area contributed by atoms with E-state index in [4.69, 9.17) is 4.55 Å². The molecule has 0 bridgehead atoms. The molecule has 0 saturated carbocycles. The van der Waals surface area contributed by atoms with Gasteiger partial charge in [0.15, 0.2) is 0 Å². The topological polar surface area (TPSA) is 54.4 Å². The van der Waals surface area contributed by atoms with E-state index in [1.807, 2.05) is 13.0 Å². The van der Waals surface area contributed by atoms with Gasteiger partial charge < -0.3 is 0 Å². The summed E-state index contributed by atoms with van der Waals surface area (Å²) >= 11 is 0. The molecule has 2 rings (SSSR count). The molecule has 0 fully saturated rings. The Labute approximate surface area is 89.2 Å². The number of benzene rings is 1. The van der Waals surface area contributed by atoms with E-state index in [0.717, 1.165) is 23.1 Å². The molecule has 0 unspecified atom stereocenters. The molecule has 1 aromatic carbocycles. The highest BCUT2D eigenvalue weighted by molar-refractivity contribution is 7.85. The summed E-state index contributed by atoms with van der Waals surface area (Å²) < 4.78 is 31.4. The Bertz CT molecular complexity index is 527. The van der Waals surface area contributed by atoms with E-state index in [-0.39, 0.29) is 4.90 Å². The summed E-state index contributed by atoms with van der Waals surface area (Å²) in [7, 11) is -4.09. The lowest BCUT2D eigenvalue weighted by molar-refractivity contribution is 0.482. The van der Waals surface area contributed by atoms with Crippen LogP contribution in [0.1, 0.15) is 24.5 Å². The molecular formula is C11H12O3S. The van der Waals surface area contributed by atoms with Crippen molar-refractivity contribution in [2.75, 3.05) is 0 Å². The lowest BCUT2D eigenvalue weighted by Gasteiger charge is -2.17. The molecule has 0 radical (unpaired) electrons. The molecule has 1 N–H and O–H groups in total. The molecular weight excluding hydrogens is 212 g/mol. The van der Waals surface area contributed by atoms with E-state index in [2.05, 4.69) is 6.08 Å². The Morgan fingerprint density at radius 2 is 2.07 bits per heavy atom. The van der Waals surface area contributed by atoms with Crippen molar-refractivity contribution in [1.29, 1.82) is 0 Å². The molecule has 0 spiro atoms. The summed E-state index contributed by atoms with van der Waals surface area (Å²) in [6.45, 7) is 1.95. The lowest BCUT2D eigenvalue weighted by atomic mass is 9.92. The maximum atomic E-state index is 11.1. The average molecular weight is 224 g/mol. The largest absolute Gasteiger partial charge is 0.294 e. The number of fused-ring (bicyclic) bond motifs is 1. The Kier molecular flexibility index (Phi) is 2.40. The summed E-state index contributed by atoms with van der Waals surface area (Å²) in [5, 5.41) is 0. The van der Waals surface area contributed by atoms with Crippen LogP contribution in [0.2, 0.25) is 0 Å². The Morgan fingerprint density at radius 3 is 2.73 bits per heavy atom. The molecule has 4 heteroatoms. The first-order chi connectivity index (χ1) is 7.00. The molecule has 0 atom stereocenters. The molecule has 15 heavy (non-hydrogen) atoms. The van der Waals surface area contributed by atoms with Crippen LogP contribution in [-0.4, -0.2) is 13.0 Å². The van der Waals surface area contributed by atoms with Gasteiger partial charge in [0, 0.05) is 0 Å². The maximum absolute atomic E-state index is 11.1. The van der Waals surface area contributed by atoms with Gasteiger partial charge in [-0.3, -0.25) is 4.55 Å². The van der Waals surface area contributed by atoms with Gasteiger partial charge in [-0.05, 0) is 42.5 Å². The molecule has 1 aromatic rings. The van der Waals surface area contributed by atoms with Crippen LogP contribution >= 0.6 is 0 Å². The van der Waals surface area contributed by atoms with Gasteiger partial charge >= 0.3 is 0 Å². The van der Waals surface area contributed by atoms with Crippen LogP contribution in [0.4, 0.5) is 0 Å². The van der Waals surface area contributed by atoms with Crippen molar-refractivity contribution in [1.82, 2.24) is 0 Å². The van der Waals surface area contributed by atoms with E-state index < -0.39 is 10.1 Å². The normalized spacial score (nSPS) is 15.7. The smallest absolute Gasteiger partial charge is 0.282 e. The van der Waals surface area contributed by atoms with Crippen LogP contribution < -0.4 is 0 Å². The highest BCUT2D eigenvalue weighted by Gasteiger charge is 2.20. The first-order valence-electron chi connectivity index (χ1n) is 4.76.